The Morgan fingerprint density at radius 3 is 2.67 bits per heavy atom. The van der Waals surface area contributed by atoms with E-state index in [1.807, 2.05) is 11.3 Å². The molecule has 0 amide bonds. The van der Waals surface area contributed by atoms with E-state index >= 15 is 0 Å². The zero-order valence-electron chi connectivity index (χ0n) is 14.2. The van der Waals surface area contributed by atoms with E-state index in [1.165, 1.54) is 41.9 Å². The van der Waals surface area contributed by atoms with Crippen LogP contribution in [0.25, 0.3) is 0 Å². The Labute approximate surface area is 148 Å². The number of morpholine rings is 1. The van der Waals surface area contributed by atoms with E-state index in [4.69, 9.17) is 4.74 Å². The average molecular weight is 343 g/mol. The topological polar surface area (TPSA) is 15.7 Å². The van der Waals surface area contributed by atoms with Crippen molar-refractivity contribution in [2.45, 2.75) is 32.0 Å². The smallest absolute Gasteiger partial charge is 0.0952 e. The van der Waals surface area contributed by atoms with Gasteiger partial charge in [0.05, 0.1) is 12.7 Å². The second-order valence-corrected chi connectivity index (χ2v) is 7.91. The van der Waals surface area contributed by atoms with Crippen molar-refractivity contribution in [2.24, 2.45) is 0 Å². The summed E-state index contributed by atoms with van der Waals surface area (Å²) in [6.45, 7) is 7.57. The lowest BCUT2D eigenvalue weighted by molar-refractivity contribution is -0.0326. The van der Waals surface area contributed by atoms with Crippen LogP contribution in [-0.4, -0.2) is 42.6 Å². The SMILES string of the molecule is c1ccc(C2CN(Cc3cc(CN4CCCC4)cs3)CCO2)cc1. The molecule has 3 heterocycles. The van der Waals surface area contributed by atoms with Gasteiger partial charge in [-0.05, 0) is 48.5 Å². The van der Waals surface area contributed by atoms with Crippen molar-refractivity contribution in [1.82, 2.24) is 9.80 Å². The molecule has 0 radical (unpaired) electrons. The highest BCUT2D eigenvalue weighted by Gasteiger charge is 2.22. The van der Waals surface area contributed by atoms with Gasteiger partial charge in [0.2, 0.25) is 0 Å². The summed E-state index contributed by atoms with van der Waals surface area (Å²) in [6.07, 6.45) is 2.95. The Hall–Kier alpha value is -1.20. The molecule has 2 aliphatic heterocycles. The number of benzene rings is 1. The quantitative estimate of drug-likeness (QED) is 0.819. The number of thiophene rings is 1. The van der Waals surface area contributed by atoms with Gasteiger partial charge in [-0.15, -0.1) is 11.3 Å². The molecule has 2 aliphatic rings. The fraction of sp³-hybridized carbons (Fsp3) is 0.500. The maximum absolute atomic E-state index is 5.98. The second kappa shape index (κ2) is 7.79. The Kier molecular flexibility index (Phi) is 5.28. The highest BCUT2D eigenvalue weighted by molar-refractivity contribution is 7.10. The number of rotatable bonds is 5. The summed E-state index contributed by atoms with van der Waals surface area (Å²) in [5, 5.41) is 2.35. The number of nitrogens with zero attached hydrogens (tertiary/aromatic N) is 2. The zero-order valence-corrected chi connectivity index (χ0v) is 15.0. The number of hydrogen-bond donors (Lipinski definition) is 0. The molecule has 0 spiro atoms. The van der Waals surface area contributed by atoms with Crippen molar-refractivity contribution in [3.8, 4) is 0 Å². The van der Waals surface area contributed by atoms with E-state index < -0.39 is 0 Å². The van der Waals surface area contributed by atoms with Crippen molar-refractivity contribution in [2.75, 3.05) is 32.8 Å². The fourth-order valence-corrected chi connectivity index (χ4v) is 4.65. The van der Waals surface area contributed by atoms with Crippen LogP contribution in [0.4, 0.5) is 0 Å². The van der Waals surface area contributed by atoms with Crippen molar-refractivity contribution in [3.63, 3.8) is 0 Å². The Morgan fingerprint density at radius 1 is 1.00 bits per heavy atom. The van der Waals surface area contributed by atoms with Crippen LogP contribution in [0.3, 0.4) is 0 Å². The number of likely N-dealkylation sites (tertiary alicyclic amines) is 1. The van der Waals surface area contributed by atoms with Crippen molar-refractivity contribution < 1.29 is 4.74 Å². The molecule has 1 atom stereocenters. The molecular weight excluding hydrogens is 316 g/mol. The summed E-state index contributed by atoms with van der Waals surface area (Å²) in [7, 11) is 0. The third kappa shape index (κ3) is 4.06. The highest BCUT2D eigenvalue weighted by atomic mass is 32.1. The summed E-state index contributed by atoms with van der Waals surface area (Å²) in [4.78, 5) is 6.59. The second-order valence-electron chi connectivity index (χ2n) is 6.91. The van der Waals surface area contributed by atoms with E-state index in [9.17, 15) is 0 Å². The average Bonchev–Trinajstić information content (AvgIpc) is 3.29. The summed E-state index contributed by atoms with van der Waals surface area (Å²) in [5.74, 6) is 0. The Bertz CT molecular complexity index is 636. The van der Waals surface area contributed by atoms with Crippen LogP contribution in [0, 0.1) is 0 Å². The highest BCUT2D eigenvalue weighted by Crippen LogP contribution is 2.25. The van der Waals surface area contributed by atoms with E-state index in [1.54, 1.807) is 0 Å². The summed E-state index contributed by atoms with van der Waals surface area (Å²) >= 11 is 1.91. The minimum atomic E-state index is 0.212. The van der Waals surface area contributed by atoms with Gasteiger partial charge in [-0.1, -0.05) is 30.3 Å². The van der Waals surface area contributed by atoms with E-state index in [2.05, 4.69) is 51.6 Å². The maximum atomic E-state index is 5.98. The zero-order chi connectivity index (χ0) is 16.2. The van der Waals surface area contributed by atoms with E-state index in [0.29, 0.717) is 0 Å². The third-order valence-corrected chi connectivity index (χ3v) is 5.98. The maximum Gasteiger partial charge on any atom is 0.0952 e. The molecular formula is C20H26N2OS. The van der Waals surface area contributed by atoms with Crippen molar-refractivity contribution in [3.05, 3.63) is 57.8 Å². The molecule has 0 saturated carbocycles. The monoisotopic (exact) mass is 342 g/mol. The molecule has 1 aromatic carbocycles. The first kappa shape index (κ1) is 16.3. The van der Waals surface area contributed by atoms with Gasteiger partial charge in [0.1, 0.15) is 0 Å². The van der Waals surface area contributed by atoms with Gasteiger partial charge >= 0.3 is 0 Å². The van der Waals surface area contributed by atoms with Gasteiger partial charge in [0, 0.05) is 31.1 Å². The van der Waals surface area contributed by atoms with Gasteiger partial charge in [-0.25, -0.2) is 0 Å². The molecule has 4 heteroatoms. The molecule has 2 fully saturated rings. The predicted octanol–water partition coefficient (Wildman–Crippen LogP) is 3.92. The molecule has 3 nitrogen and oxygen atoms in total. The van der Waals surface area contributed by atoms with Gasteiger partial charge in [0.25, 0.3) is 0 Å². The summed E-state index contributed by atoms with van der Waals surface area (Å²) in [5.41, 5.74) is 2.79. The first-order valence-electron chi connectivity index (χ1n) is 9.04. The lowest BCUT2D eigenvalue weighted by atomic mass is 10.1. The van der Waals surface area contributed by atoms with Crippen LogP contribution < -0.4 is 0 Å². The minimum Gasteiger partial charge on any atom is -0.371 e. The van der Waals surface area contributed by atoms with Gasteiger partial charge in [-0.3, -0.25) is 9.80 Å². The predicted molar refractivity (Wildman–Crippen MR) is 99.2 cm³/mol. The standard InChI is InChI=1S/C20H26N2OS/c1-2-6-18(7-3-1)20-15-22(10-11-23-20)14-19-12-17(16-24-19)13-21-8-4-5-9-21/h1-3,6-7,12,16,20H,4-5,8-11,13-15H2. The van der Waals surface area contributed by atoms with Crippen LogP contribution in [0.1, 0.15) is 34.9 Å². The largest absolute Gasteiger partial charge is 0.371 e. The molecule has 2 saturated heterocycles. The van der Waals surface area contributed by atoms with Crippen LogP contribution in [-0.2, 0) is 17.8 Å². The third-order valence-electron chi connectivity index (χ3n) is 5.01. The van der Waals surface area contributed by atoms with Crippen LogP contribution >= 0.6 is 11.3 Å². The molecule has 128 valence electrons. The first-order valence-corrected chi connectivity index (χ1v) is 9.92. The van der Waals surface area contributed by atoms with Gasteiger partial charge in [0.15, 0.2) is 0 Å². The normalized spacial score (nSPS) is 22.9. The van der Waals surface area contributed by atoms with Crippen LogP contribution in [0.5, 0.6) is 0 Å². The van der Waals surface area contributed by atoms with Crippen molar-refractivity contribution >= 4 is 11.3 Å². The fourth-order valence-electron chi connectivity index (χ4n) is 3.73. The minimum absolute atomic E-state index is 0.212. The number of hydrogen-bond acceptors (Lipinski definition) is 4. The number of ether oxygens (including phenoxy) is 1. The molecule has 24 heavy (non-hydrogen) atoms. The molecule has 1 aromatic heterocycles. The molecule has 1 unspecified atom stereocenters. The molecule has 0 N–H and O–H groups in total. The molecule has 0 bridgehead atoms. The Balaban J connectivity index is 1.34. The molecule has 2 aromatic rings. The van der Waals surface area contributed by atoms with Gasteiger partial charge in [-0.2, -0.15) is 0 Å². The lowest BCUT2D eigenvalue weighted by Crippen LogP contribution is -2.37. The summed E-state index contributed by atoms with van der Waals surface area (Å²) < 4.78 is 5.98. The van der Waals surface area contributed by atoms with E-state index in [-0.39, 0.29) is 6.10 Å². The van der Waals surface area contributed by atoms with Crippen molar-refractivity contribution in [1.29, 1.82) is 0 Å². The van der Waals surface area contributed by atoms with Crippen LogP contribution in [0.2, 0.25) is 0 Å². The van der Waals surface area contributed by atoms with E-state index in [0.717, 1.165) is 32.8 Å². The Morgan fingerprint density at radius 2 is 1.83 bits per heavy atom. The van der Waals surface area contributed by atoms with Crippen LogP contribution in [0.15, 0.2) is 41.8 Å². The van der Waals surface area contributed by atoms with Gasteiger partial charge < -0.3 is 4.74 Å². The molecule has 0 aliphatic carbocycles. The molecule has 4 rings (SSSR count). The first-order chi connectivity index (χ1) is 11.9. The summed E-state index contributed by atoms with van der Waals surface area (Å²) in [6, 6.07) is 13.0. The lowest BCUT2D eigenvalue weighted by Gasteiger charge is -2.32.